The molecule has 2 rings (SSSR count). The van der Waals surface area contributed by atoms with Gasteiger partial charge in [-0.05, 0) is 48.0 Å². The quantitative estimate of drug-likeness (QED) is 0.882. The van der Waals surface area contributed by atoms with Crippen molar-refractivity contribution in [3.05, 3.63) is 60.2 Å². The molecule has 0 spiro atoms. The Hall–Kier alpha value is -1.85. The maximum absolute atomic E-state index is 12.0. The van der Waals surface area contributed by atoms with Gasteiger partial charge in [-0.25, -0.2) is 8.42 Å². The Morgan fingerprint density at radius 1 is 0.947 bits per heavy atom. The molecule has 0 fully saturated rings. The number of sulfonamides is 1. The summed E-state index contributed by atoms with van der Waals surface area (Å²) in [7, 11) is -3.61. The maximum Gasteiger partial charge on any atom is 0.261 e. The van der Waals surface area contributed by atoms with Crippen molar-refractivity contribution in [1.29, 1.82) is 0 Å². The van der Waals surface area contributed by atoms with Gasteiger partial charge in [-0.3, -0.25) is 9.52 Å². The Kier molecular flexibility index (Phi) is 3.87. The van der Waals surface area contributed by atoms with Crippen molar-refractivity contribution in [3.8, 4) is 0 Å². The van der Waals surface area contributed by atoms with E-state index in [1.165, 1.54) is 36.4 Å². The van der Waals surface area contributed by atoms with Crippen molar-refractivity contribution in [2.45, 2.75) is 4.90 Å². The first-order valence-electron chi connectivity index (χ1n) is 5.37. The number of halogens is 1. The molecule has 0 heterocycles. The van der Waals surface area contributed by atoms with Gasteiger partial charge < -0.3 is 0 Å². The van der Waals surface area contributed by atoms with Crippen molar-refractivity contribution >= 4 is 32.6 Å². The van der Waals surface area contributed by atoms with Crippen LogP contribution >= 0.6 is 11.6 Å². The highest BCUT2D eigenvalue weighted by Gasteiger charge is 2.13. The molecule has 0 aliphatic carbocycles. The lowest BCUT2D eigenvalue weighted by Gasteiger charge is -2.08. The van der Waals surface area contributed by atoms with Gasteiger partial charge in [0, 0.05) is 11.3 Å². The van der Waals surface area contributed by atoms with E-state index in [1.807, 2.05) is 0 Å². The summed E-state index contributed by atoms with van der Waals surface area (Å²) < 4.78 is 26.5. The first-order chi connectivity index (χ1) is 8.99. The van der Waals surface area contributed by atoms with Crippen LogP contribution in [0.1, 0.15) is 10.4 Å². The van der Waals surface area contributed by atoms with Crippen LogP contribution in [0.25, 0.3) is 0 Å². The minimum Gasteiger partial charge on any atom is -0.280 e. The molecule has 1 N–H and O–H groups in total. The van der Waals surface area contributed by atoms with E-state index in [0.29, 0.717) is 11.3 Å². The van der Waals surface area contributed by atoms with Crippen LogP contribution in [-0.2, 0) is 10.0 Å². The lowest BCUT2D eigenvalue weighted by molar-refractivity contribution is 0.108. The van der Waals surface area contributed by atoms with Crippen LogP contribution in [0.4, 0.5) is 5.69 Å². The molecule has 0 aromatic heterocycles. The Balaban J connectivity index is 2.24. The molecule has 2 aromatic carbocycles. The van der Waals surface area contributed by atoms with Gasteiger partial charge in [0.15, 0.2) is 0 Å². The van der Waals surface area contributed by atoms with E-state index >= 15 is 0 Å². The van der Waals surface area contributed by atoms with Crippen LogP contribution in [0.5, 0.6) is 0 Å². The SMILES string of the molecule is O=C(Cl)c1ccc(NS(=O)(=O)c2ccccc2)cc1. The van der Waals surface area contributed by atoms with E-state index in [9.17, 15) is 13.2 Å². The van der Waals surface area contributed by atoms with E-state index in [4.69, 9.17) is 11.6 Å². The predicted molar refractivity (Wildman–Crippen MR) is 73.9 cm³/mol. The number of benzene rings is 2. The van der Waals surface area contributed by atoms with Crippen molar-refractivity contribution in [3.63, 3.8) is 0 Å². The fourth-order valence-corrected chi connectivity index (χ4v) is 2.69. The molecule has 6 heteroatoms. The molecular formula is C13H10ClNO3S. The third-order valence-electron chi connectivity index (χ3n) is 2.42. The summed E-state index contributed by atoms with van der Waals surface area (Å²) in [6, 6.07) is 13.9. The smallest absolute Gasteiger partial charge is 0.261 e. The van der Waals surface area contributed by atoms with Crippen molar-refractivity contribution < 1.29 is 13.2 Å². The van der Waals surface area contributed by atoms with Gasteiger partial charge in [-0.15, -0.1) is 0 Å². The van der Waals surface area contributed by atoms with Gasteiger partial charge in [0.2, 0.25) is 0 Å². The standard InChI is InChI=1S/C13H10ClNO3S/c14-13(16)10-6-8-11(9-7-10)15-19(17,18)12-4-2-1-3-5-12/h1-9,15H. The van der Waals surface area contributed by atoms with Gasteiger partial charge in [-0.1, -0.05) is 18.2 Å². The Bertz CT molecular complexity index is 682. The van der Waals surface area contributed by atoms with Gasteiger partial charge in [0.1, 0.15) is 0 Å². The number of carbonyl (C=O) groups is 1. The van der Waals surface area contributed by atoms with Crippen LogP contribution in [0, 0.1) is 0 Å². The molecule has 0 unspecified atom stereocenters. The normalized spacial score (nSPS) is 11.0. The molecule has 4 nitrogen and oxygen atoms in total. The van der Waals surface area contributed by atoms with Gasteiger partial charge in [0.25, 0.3) is 15.3 Å². The Morgan fingerprint density at radius 3 is 2.05 bits per heavy atom. The van der Waals surface area contributed by atoms with Gasteiger partial charge in [0.05, 0.1) is 4.90 Å². The van der Waals surface area contributed by atoms with Crippen LogP contribution in [0.3, 0.4) is 0 Å². The molecular weight excluding hydrogens is 286 g/mol. The Morgan fingerprint density at radius 2 is 1.53 bits per heavy atom. The number of hydrogen-bond donors (Lipinski definition) is 1. The molecule has 0 bridgehead atoms. The molecule has 19 heavy (non-hydrogen) atoms. The minimum atomic E-state index is -3.61. The molecule has 98 valence electrons. The van der Waals surface area contributed by atoms with Gasteiger partial charge >= 0.3 is 0 Å². The lowest BCUT2D eigenvalue weighted by atomic mass is 10.2. The third kappa shape index (κ3) is 3.33. The molecule has 0 radical (unpaired) electrons. The summed E-state index contributed by atoms with van der Waals surface area (Å²) in [6.07, 6.45) is 0. The fraction of sp³-hybridized carbons (Fsp3) is 0. The number of rotatable bonds is 4. The third-order valence-corrected chi connectivity index (χ3v) is 4.03. The molecule has 0 amide bonds. The molecule has 0 aliphatic rings. The topological polar surface area (TPSA) is 63.2 Å². The number of nitrogens with one attached hydrogen (secondary N) is 1. The summed E-state index contributed by atoms with van der Waals surface area (Å²) in [5.74, 6) is 0. The monoisotopic (exact) mass is 295 g/mol. The fourth-order valence-electron chi connectivity index (χ4n) is 1.48. The summed E-state index contributed by atoms with van der Waals surface area (Å²) >= 11 is 5.31. The van der Waals surface area contributed by atoms with Crippen molar-refractivity contribution in [2.24, 2.45) is 0 Å². The molecule has 0 saturated heterocycles. The van der Waals surface area contributed by atoms with Crippen molar-refractivity contribution in [1.82, 2.24) is 0 Å². The zero-order valence-electron chi connectivity index (χ0n) is 9.71. The highest BCUT2D eigenvalue weighted by molar-refractivity contribution is 7.92. The summed E-state index contributed by atoms with van der Waals surface area (Å²) in [5, 5.41) is -0.586. The average molecular weight is 296 g/mol. The molecule has 0 saturated carbocycles. The molecule has 2 aromatic rings. The molecule has 0 atom stereocenters. The lowest BCUT2D eigenvalue weighted by Crippen LogP contribution is -2.12. The second-order valence-corrected chi connectivity index (χ2v) is 5.80. The van der Waals surface area contributed by atoms with Crippen LogP contribution in [-0.4, -0.2) is 13.7 Å². The second kappa shape index (κ2) is 5.42. The number of anilines is 1. The van der Waals surface area contributed by atoms with Crippen LogP contribution < -0.4 is 4.72 Å². The van der Waals surface area contributed by atoms with E-state index in [2.05, 4.69) is 4.72 Å². The van der Waals surface area contributed by atoms with E-state index in [0.717, 1.165) is 0 Å². The second-order valence-electron chi connectivity index (χ2n) is 3.77. The Labute approximate surface area is 116 Å². The van der Waals surface area contributed by atoms with E-state index in [1.54, 1.807) is 18.2 Å². The first kappa shape index (κ1) is 13.6. The summed E-state index contributed by atoms with van der Waals surface area (Å²) in [4.78, 5) is 11.1. The zero-order valence-corrected chi connectivity index (χ0v) is 11.3. The largest absolute Gasteiger partial charge is 0.280 e. The highest BCUT2D eigenvalue weighted by atomic mass is 35.5. The number of carbonyl (C=O) groups excluding carboxylic acids is 1. The molecule has 0 aliphatic heterocycles. The number of hydrogen-bond acceptors (Lipinski definition) is 3. The van der Waals surface area contributed by atoms with Crippen LogP contribution in [0.15, 0.2) is 59.5 Å². The van der Waals surface area contributed by atoms with E-state index < -0.39 is 15.3 Å². The predicted octanol–water partition coefficient (Wildman–Crippen LogP) is 2.87. The van der Waals surface area contributed by atoms with Gasteiger partial charge in [-0.2, -0.15) is 0 Å². The minimum absolute atomic E-state index is 0.174. The van der Waals surface area contributed by atoms with E-state index in [-0.39, 0.29) is 4.90 Å². The average Bonchev–Trinajstić information content (AvgIpc) is 2.40. The highest BCUT2D eigenvalue weighted by Crippen LogP contribution is 2.16. The zero-order chi connectivity index (χ0) is 13.9. The van der Waals surface area contributed by atoms with Crippen LogP contribution in [0.2, 0.25) is 0 Å². The first-order valence-corrected chi connectivity index (χ1v) is 7.23. The summed E-state index contributed by atoms with van der Waals surface area (Å²) in [6.45, 7) is 0. The van der Waals surface area contributed by atoms with Crippen molar-refractivity contribution in [2.75, 3.05) is 4.72 Å². The summed E-state index contributed by atoms with van der Waals surface area (Å²) in [5.41, 5.74) is 0.676. The maximum atomic E-state index is 12.0.